The summed E-state index contributed by atoms with van der Waals surface area (Å²) in [5, 5.41) is 2.83. The van der Waals surface area contributed by atoms with Crippen LogP contribution in [0.5, 0.6) is 0 Å². The molecule has 0 unspecified atom stereocenters. The maximum absolute atomic E-state index is 13.9. The molecule has 2 aromatic rings. The van der Waals surface area contributed by atoms with Crippen molar-refractivity contribution in [1.82, 2.24) is 9.21 Å². The van der Waals surface area contributed by atoms with Crippen LogP contribution >= 0.6 is 0 Å². The zero-order valence-electron chi connectivity index (χ0n) is 16.3. The van der Waals surface area contributed by atoms with E-state index in [4.69, 9.17) is 0 Å². The molecule has 1 amide bonds. The number of carbonyl (C=O) groups is 1. The van der Waals surface area contributed by atoms with Crippen molar-refractivity contribution in [2.24, 2.45) is 0 Å². The summed E-state index contributed by atoms with van der Waals surface area (Å²) in [6.45, 7) is 4.73. The largest absolute Gasteiger partial charge is 0.325 e. The van der Waals surface area contributed by atoms with Gasteiger partial charge in [0.05, 0.1) is 6.54 Å². The number of nitrogens with zero attached hydrogens (tertiary/aromatic N) is 2. The molecule has 0 saturated carbocycles. The number of carbonyl (C=O) groups excluding carboxylic acids is 1. The van der Waals surface area contributed by atoms with Crippen molar-refractivity contribution >= 4 is 21.6 Å². The Labute approximate surface area is 169 Å². The molecule has 2 aromatic carbocycles. The number of hydrogen-bond donors (Lipinski definition) is 1. The molecule has 29 heavy (non-hydrogen) atoms. The fourth-order valence-corrected chi connectivity index (χ4v) is 4.74. The molecule has 3 rings (SSSR count). The first-order valence-corrected chi connectivity index (χ1v) is 10.7. The van der Waals surface area contributed by atoms with Gasteiger partial charge in [0.1, 0.15) is 11.6 Å². The number of halogens is 2. The van der Waals surface area contributed by atoms with Crippen molar-refractivity contribution in [3.8, 4) is 0 Å². The monoisotopic (exact) mass is 423 g/mol. The zero-order valence-corrected chi connectivity index (χ0v) is 17.1. The average molecular weight is 423 g/mol. The van der Waals surface area contributed by atoms with E-state index in [2.05, 4.69) is 5.32 Å². The van der Waals surface area contributed by atoms with Crippen LogP contribution < -0.4 is 5.32 Å². The Balaban J connectivity index is 1.59. The topological polar surface area (TPSA) is 69.7 Å². The van der Waals surface area contributed by atoms with Crippen LogP contribution in [0.2, 0.25) is 0 Å². The second-order valence-electron chi connectivity index (χ2n) is 7.08. The molecule has 9 heteroatoms. The molecule has 0 aromatic heterocycles. The van der Waals surface area contributed by atoms with Crippen molar-refractivity contribution in [1.29, 1.82) is 0 Å². The van der Waals surface area contributed by atoms with E-state index in [0.29, 0.717) is 5.69 Å². The maximum atomic E-state index is 13.9. The van der Waals surface area contributed by atoms with Crippen LogP contribution in [-0.2, 0) is 14.8 Å². The second kappa shape index (κ2) is 8.56. The summed E-state index contributed by atoms with van der Waals surface area (Å²) >= 11 is 0. The number of benzene rings is 2. The van der Waals surface area contributed by atoms with Crippen molar-refractivity contribution in [2.75, 3.05) is 38.0 Å². The molecule has 1 heterocycles. The Hall–Kier alpha value is -2.36. The third kappa shape index (κ3) is 4.80. The standard InChI is InChI=1S/C20H23F2N3O3S/c1-14-6-7-16(12-15(14)2)23-19(26)13-24-8-10-25(11-9-24)29(27,28)20-17(21)4-3-5-18(20)22/h3-7,12H,8-11,13H2,1-2H3,(H,23,26). The van der Waals surface area contributed by atoms with Gasteiger partial charge in [-0.25, -0.2) is 17.2 Å². The molecule has 156 valence electrons. The molecule has 1 aliphatic heterocycles. The average Bonchev–Trinajstić information content (AvgIpc) is 2.65. The number of rotatable bonds is 5. The number of hydrogen-bond acceptors (Lipinski definition) is 4. The van der Waals surface area contributed by atoms with E-state index in [1.165, 1.54) is 0 Å². The van der Waals surface area contributed by atoms with Crippen LogP contribution in [0.1, 0.15) is 11.1 Å². The molecular weight excluding hydrogens is 400 g/mol. The normalized spacial score (nSPS) is 16.0. The summed E-state index contributed by atoms with van der Waals surface area (Å²) < 4.78 is 54.1. The number of nitrogens with one attached hydrogen (secondary N) is 1. The minimum Gasteiger partial charge on any atom is -0.325 e. The van der Waals surface area contributed by atoms with Gasteiger partial charge in [0, 0.05) is 31.9 Å². The van der Waals surface area contributed by atoms with E-state index >= 15 is 0 Å². The second-order valence-corrected chi connectivity index (χ2v) is 8.95. The first kappa shape index (κ1) is 21.4. The number of anilines is 1. The van der Waals surface area contributed by atoms with E-state index in [1.807, 2.05) is 32.0 Å². The summed E-state index contributed by atoms with van der Waals surface area (Å²) in [5.41, 5.74) is 2.91. The maximum Gasteiger partial charge on any atom is 0.249 e. The van der Waals surface area contributed by atoms with Crippen LogP contribution in [0.25, 0.3) is 0 Å². The third-order valence-electron chi connectivity index (χ3n) is 5.01. The van der Waals surface area contributed by atoms with Crippen LogP contribution in [0.15, 0.2) is 41.3 Å². The van der Waals surface area contributed by atoms with E-state index in [0.717, 1.165) is 33.6 Å². The molecule has 0 spiro atoms. The lowest BCUT2D eigenvalue weighted by molar-refractivity contribution is -0.117. The van der Waals surface area contributed by atoms with Gasteiger partial charge in [-0.05, 0) is 49.2 Å². The summed E-state index contributed by atoms with van der Waals surface area (Å²) in [6.07, 6.45) is 0. The number of piperazine rings is 1. The Morgan fingerprint density at radius 1 is 1.00 bits per heavy atom. The highest BCUT2D eigenvalue weighted by Crippen LogP contribution is 2.23. The third-order valence-corrected chi connectivity index (χ3v) is 6.96. The lowest BCUT2D eigenvalue weighted by Crippen LogP contribution is -2.50. The SMILES string of the molecule is Cc1ccc(NC(=O)CN2CCN(S(=O)(=O)c3c(F)cccc3F)CC2)cc1C. The number of sulfonamides is 1. The summed E-state index contributed by atoms with van der Waals surface area (Å²) in [4.78, 5) is 13.2. The first-order valence-electron chi connectivity index (χ1n) is 9.22. The quantitative estimate of drug-likeness (QED) is 0.803. The van der Waals surface area contributed by atoms with E-state index in [9.17, 15) is 22.0 Å². The molecule has 1 saturated heterocycles. The molecule has 1 fully saturated rings. The highest BCUT2D eigenvalue weighted by atomic mass is 32.2. The molecular formula is C20H23F2N3O3S. The Morgan fingerprint density at radius 2 is 1.62 bits per heavy atom. The highest BCUT2D eigenvalue weighted by molar-refractivity contribution is 7.89. The van der Waals surface area contributed by atoms with Gasteiger partial charge >= 0.3 is 0 Å². The van der Waals surface area contributed by atoms with Crippen molar-refractivity contribution in [2.45, 2.75) is 18.7 Å². The van der Waals surface area contributed by atoms with E-state index in [1.54, 1.807) is 4.90 Å². The number of aryl methyl sites for hydroxylation is 2. The van der Waals surface area contributed by atoms with Gasteiger partial charge < -0.3 is 5.32 Å². The molecule has 6 nitrogen and oxygen atoms in total. The van der Waals surface area contributed by atoms with E-state index in [-0.39, 0.29) is 38.6 Å². The minimum absolute atomic E-state index is 0.0486. The molecule has 0 aliphatic carbocycles. The van der Waals surface area contributed by atoms with Crippen molar-refractivity contribution in [3.63, 3.8) is 0 Å². The van der Waals surface area contributed by atoms with Gasteiger partial charge in [-0.15, -0.1) is 0 Å². The van der Waals surface area contributed by atoms with Gasteiger partial charge in [-0.1, -0.05) is 12.1 Å². The predicted molar refractivity (Wildman–Crippen MR) is 106 cm³/mol. The van der Waals surface area contributed by atoms with E-state index < -0.39 is 26.6 Å². The van der Waals surface area contributed by atoms with Crippen LogP contribution in [-0.4, -0.2) is 56.3 Å². The lowest BCUT2D eigenvalue weighted by Gasteiger charge is -2.33. The summed E-state index contributed by atoms with van der Waals surface area (Å²) in [5.74, 6) is -2.43. The molecule has 0 radical (unpaired) electrons. The van der Waals surface area contributed by atoms with Gasteiger partial charge in [0.25, 0.3) is 0 Å². The molecule has 0 bridgehead atoms. The Morgan fingerprint density at radius 3 is 2.21 bits per heavy atom. The minimum atomic E-state index is -4.28. The van der Waals surface area contributed by atoms with Gasteiger partial charge in [-0.3, -0.25) is 9.69 Å². The summed E-state index contributed by atoms with van der Waals surface area (Å²) in [7, 11) is -4.28. The summed E-state index contributed by atoms with van der Waals surface area (Å²) in [6, 6.07) is 8.60. The molecule has 1 aliphatic rings. The number of amides is 1. The zero-order chi connectivity index (χ0) is 21.2. The lowest BCUT2D eigenvalue weighted by atomic mass is 10.1. The Kier molecular flexibility index (Phi) is 6.30. The smallest absolute Gasteiger partial charge is 0.249 e. The fraction of sp³-hybridized carbons (Fsp3) is 0.350. The van der Waals surface area contributed by atoms with Crippen LogP contribution in [0, 0.1) is 25.5 Å². The molecule has 1 N–H and O–H groups in total. The van der Waals surface area contributed by atoms with Gasteiger partial charge in [0.15, 0.2) is 4.90 Å². The first-order chi connectivity index (χ1) is 13.7. The van der Waals surface area contributed by atoms with Gasteiger partial charge in [0.2, 0.25) is 15.9 Å². The Bertz CT molecular complexity index is 999. The van der Waals surface area contributed by atoms with Crippen molar-refractivity contribution in [3.05, 3.63) is 59.2 Å². The van der Waals surface area contributed by atoms with Gasteiger partial charge in [-0.2, -0.15) is 4.31 Å². The fourth-order valence-electron chi connectivity index (χ4n) is 3.21. The molecule has 0 atom stereocenters. The predicted octanol–water partition coefficient (Wildman–Crippen LogP) is 2.53. The van der Waals surface area contributed by atoms with Crippen molar-refractivity contribution < 1.29 is 22.0 Å². The highest BCUT2D eigenvalue weighted by Gasteiger charge is 2.33. The van der Waals surface area contributed by atoms with Crippen LogP contribution in [0.3, 0.4) is 0 Å². The van der Waals surface area contributed by atoms with Crippen LogP contribution in [0.4, 0.5) is 14.5 Å².